The van der Waals surface area contributed by atoms with Crippen molar-refractivity contribution < 1.29 is 72.6 Å². The summed E-state index contributed by atoms with van der Waals surface area (Å²) < 4.78 is 0. The monoisotopic (exact) mass is 288 g/mol. The van der Waals surface area contributed by atoms with Crippen molar-refractivity contribution in [2.45, 2.75) is 5.92 Å². The van der Waals surface area contributed by atoms with E-state index >= 15 is 0 Å². The molecule has 0 heterocycles. The van der Waals surface area contributed by atoms with E-state index < -0.39 is 17.9 Å². The molecule has 0 amide bonds. The number of aliphatic carboxylic acids is 2. The van der Waals surface area contributed by atoms with Gasteiger partial charge in [-0.05, 0) is 23.8 Å². The maximum atomic E-state index is 10.7. The smallest absolute Gasteiger partial charge is 1.00 e. The summed E-state index contributed by atoms with van der Waals surface area (Å²) in [4.78, 5) is 21.4. The average Bonchev–Trinajstić information content (AvgIpc) is 1.99. The predicted molar refractivity (Wildman–Crippen MR) is 55.6 cm³/mol. The molecular formula is C9H7Cl2KO4. The first-order valence-corrected chi connectivity index (χ1v) is 4.59. The minimum absolute atomic E-state index is 0. The molecule has 0 aliphatic carbocycles. The van der Waals surface area contributed by atoms with Crippen LogP contribution in [0.5, 0.6) is 0 Å². The summed E-state index contributed by atoms with van der Waals surface area (Å²) >= 11 is 11.3. The summed E-state index contributed by atoms with van der Waals surface area (Å²) in [6.45, 7) is 0. The van der Waals surface area contributed by atoms with Gasteiger partial charge in [0.2, 0.25) is 0 Å². The number of hydrogen-bond acceptors (Lipinski definition) is 2. The van der Waals surface area contributed by atoms with Crippen LogP contribution in [0.25, 0.3) is 0 Å². The van der Waals surface area contributed by atoms with E-state index in [0.29, 0.717) is 0 Å². The molecule has 0 aliphatic rings. The Morgan fingerprint density at radius 1 is 1.06 bits per heavy atom. The van der Waals surface area contributed by atoms with Gasteiger partial charge in [0.25, 0.3) is 0 Å². The summed E-state index contributed by atoms with van der Waals surface area (Å²) in [5.74, 6) is -4.57. The van der Waals surface area contributed by atoms with E-state index in [1.807, 2.05) is 0 Å². The molecule has 0 fully saturated rings. The molecule has 7 heteroatoms. The molecule has 0 aliphatic heterocycles. The molecule has 0 aromatic heterocycles. The molecule has 1 aromatic rings. The number of rotatable bonds is 3. The Kier molecular flexibility index (Phi) is 7.12. The third kappa shape index (κ3) is 4.33. The van der Waals surface area contributed by atoms with Crippen LogP contribution in [0.1, 0.15) is 12.9 Å². The number of carbonyl (C=O) groups is 2. The van der Waals surface area contributed by atoms with E-state index in [0.717, 1.165) is 0 Å². The van der Waals surface area contributed by atoms with Crippen LogP contribution in [0.2, 0.25) is 10.0 Å². The van der Waals surface area contributed by atoms with Crippen molar-refractivity contribution in [3.05, 3.63) is 33.8 Å². The standard InChI is InChI=1S/C9H6Cl2O4.K.H/c10-5-1-4(2-6(11)3-5)7(8(12)13)9(14)15;;/h1-3,7H,(H,12,13)(H,14,15);;/q;+1;-1. The molecule has 0 atom stereocenters. The summed E-state index contributed by atoms with van der Waals surface area (Å²) in [7, 11) is 0. The molecule has 0 unspecified atom stereocenters. The van der Waals surface area contributed by atoms with E-state index in [2.05, 4.69) is 0 Å². The van der Waals surface area contributed by atoms with Crippen LogP contribution < -0.4 is 51.4 Å². The molecule has 0 saturated carbocycles. The van der Waals surface area contributed by atoms with Crippen LogP contribution in [0, 0.1) is 0 Å². The summed E-state index contributed by atoms with van der Waals surface area (Å²) in [5, 5.41) is 17.8. The fraction of sp³-hybridized carbons (Fsp3) is 0.111. The zero-order valence-electron chi connectivity index (χ0n) is 9.28. The van der Waals surface area contributed by atoms with Crippen LogP contribution >= 0.6 is 23.2 Å². The number of halogens is 2. The van der Waals surface area contributed by atoms with Gasteiger partial charge in [0.1, 0.15) is 0 Å². The largest absolute Gasteiger partial charge is 1.00 e. The normalized spacial score (nSPS) is 9.69. The SMILES string of the molecule is O=C(O)C(C(=O)O)c1cc(Cl)cc(Cl)c1.[H-].[K+]. The van der Waals surface area contributed by atoms with Gasteiger partial charge in [-0.25, -0.2) is 0 Å². The second-order valence-corrected chi connectivity index (χ2v) is 3.69. The third-order valence-electron chi connectivity index (χ3n) is 1.71. The Labute approximate surface area is 145 Å². The molecule has 1 aromatic carbocycles. The predicted octanol–water partition coefficient (Wildman–Crippen LogP) is -0.637. The van der Waals surface area contributed by atoms with Crippen molar-refractivity contribution in [3.8, 4) is 0 Å². The molecule has 4 nitrogen and oxygen atoms in total. The van der Waals surface area contributed by atoms with Crippen molar-refractivity contribution in [2.24, 2.45) is 0 Å². The third-order valence-corrected chi connectivity index (χ3v) is 2.15. The fourth-order valence-electron chi connectivity index (χ4n) is 1.13. The van der Waals surface area contributed by atoms with Gasteiger partial charge in [-0.15, -0.1) is 0 Å². The minimum Gasteiger partial charge on any atom is -1.00 e. The van der Waals surface area contributed by atoms with Gasteiger partial charge in [0.05, 0.1) is 0 Å². The summed E-state index contributed by atoms with van der Waals surface area (Å²) in [6.07, 6.45) is 0. The van der Waals surface area contributed by atoms with E-state index in [9.17, 15) is 9.59 Å². The van der Waals surface area contributed by atoms with E-state index in [1.165, 1.54) is 18.2 Å². The summed E-state index contributed by atoms with van der Waals surface area (Å²) in [6, 6.07) is 3.92. The molecule has 0 spiro atoms. The second kappa shape index (κ2) is 6.95. The van der Waals surface area contributed by atoms with Crippen molar-refractivity contribution in [1.82, 2.24) is 0 Å². The zero-order valence-corrected chi connectivity index (χ0v) is 12.9. The topological polar surface area (TPSA) is 74.6 Å². The molecule has 0 bridgehead atoms. The van der Waals surface area contributed by atoms with Crippen LogP contribution in [-0.2, 0) is 9.59 Å². The Morgan fingerprint density at radius 3 is 1.75 bits per heavy atom. The van der Waals surface area contributed by atoms with Gasteiger partial charge in [0, 0.05) is 10.0 Å². The maximum absolute atomic E-state index is 10.7. The maximum Gasteiger partial charge on any atom is 1.00 e. The Bertz CT molecular complexity index is 393. The second-order valence-electron chi connectivity index (χ2n) is 2.81. The Hall–Kier alpha value is 0.376. The average molecular weight is 289 g/mol. The first-order chi connectivity index (χ1) is 6.91. The fourth-order valence-corrected chi connectivity index (χ4v) is 1.68. The first kappa shape index (κ1) is 16.4. The van der Waals surface area contributed by atoms with Crippen molar-refractivity contribution in [2.75, 3.05) is 0 Å². The quantitative estimate of drug-likeness (QED) is 0.573. The van der Waals surface area contributed by atoms with Crippen molar-refractivity contribution >= 4 is 35.1 Å². The van der Waals surface area contributed by atoms with Gasteiger partial charge in [-0.3, -0.25) is 9.59 Å². The van der Waals surface area contributed by atoms with Gasteiger partial charge in [-0.1, -0.05) is 23.2 Å². The van der Waals surface area contributed by atoms with E-state index in [4.69, 9.17) is 33.4 Å². The van der Waals surface area contributed by atoms with Crippen molar-refractivity contribution in [3.63, 3.8) is 0 Å². The zero-order chi connectivity index (χ0) is 11.6. The summed E-state index contributed by atoms with van der Waals surface area (Å²) in [5.41, 5.74) is 0.0486. The van der Waals surface area contributed by atoms with Crippen molar-refractivity contribution in [1.29, 1.82) is 0 Å². The molecule has 2 N–H and O–H groups in total. The number of carboxylic acid groups (broad SMARTS) is 2. The first-order valence-electron chi connectivity index (χ1n) is 3.83. The number of hydrogen-bond donors (Lipinski definition) is 2. The van der Waals surface area contributed by atoms with Crippen LogP contribution in [0.15, 0.2) is 18.2 Å². The Balaban J connectivity index is 0. The van der Waals surface area contributed by atoms with E-state index in [1.54, 1.807) is 0 Å². The van der Waals surface area contributed by atoms with Crippen LogP contribution in [-0.4, -0.2) is 22.2 Å². The van der Waals surface area contributed by atoms with Gasteiger partial charge in [-0.2, -0.15) is 0 Å². The molecule has 16 heavy (non-hydrogen) atoms. The Morgan fingerprint density at radius 2 is 1.44 bits per heavy atom. The minimum atomic E-state index is -1.65. The van der Waals surface area contributed by atoms with Crippen LogP contribution in [0.4, 0.5) is 0 Å². The van der Waals surface area contributed by atoms with Gasteiger partial charge < -0.3 is 11.6 Å². The molecule has 1 rings (SSSR count). The molecule has 0 saturated heterocycles. The molecular weight excluding hydrogens is 282 g/mol. The number of carboxylic acids is 2. The molecule has 82 valence electrons. The molecule has 0 radical (unpaired) electrons. The van der Waals surface area contributed by atoms with E-state index in [-0.39, 0.29) is 68.4 Å². The van der Waals surface area contributed by atoms with Crippen LogP contribution in [0.3, 0.4) is 0 Å². The van der Waals surface area contributed by atoms with Gasteiger partial charge >= 0.3 is 63.3 Å². The van der Waals surface area contributed by atoms with Gasteiger partial charge in [0.15, 0.2) is 5.92 Å². The number of benzene rings is 1.